The van der Waals surface area contributed by atoms with E-state index in [4.69, 9.17) is 0 Å². The maximum absolute atomic E-state index is 12.9. The van der Waals surface area contributed by atoms with Gasteiger partial charge in [0, 0.05) is 24.4 Å². The van der Waals surface area contributed by atoms with Crippen LogP contribution < -0.4 is 0 Å². The maximum Gasteiger partial charge on any atom is 0.161 e. The van der Waals surface area contributed by atoms with Gasteiger partial charge < -0.3 is 4.90 Å². The van der Waals surface area contributed by atoms with Gasteiger partial charge in [-0.15, -0.1) is 0 Å². The molecule has 72 valence electrons. The van der Waals surface area contributed by atoms with Gasteiger partial charge >= 0.3 is 0 Å². The lowest BCUT2D eigenvalue weighted by molar-refractivity contribution is 0.508. The third kappa shape index (κ3) is 1.19. The van der Waals surface area contributed by atoms with Crippen molar-refractivity contribution in [2.75, 3.05) is 7.05 Å². The van der Waals surface area contributed by atoms with E-state index >= 15 is 0 Å². The van der Waals surface area contributed by atoms with E-state index in [-0.39, 0.29) is 0 Å². The molecule has 2 rings (SSSR count). The molecule has 0 saturated heterocycles. The Morgan fingerprint density at radius 2 is 1.93 bits per heavy atom. The molecule has 1 aromatic carbocycles. The van der Waals surface area contributed by atoms with E-state index in [9.17, 15) is 8.78 Å². The number of halogens is 2. The zero-order chi connectivity index (χ0) is 10.3. The molecule has 0 amide bonds. The van der Waals surface area contributed by atoms with Gasteiger partial charge in [-0.05, 0) is 6.07 Å². The number of hydrogen-bond donors (Lipinski definition) is 0. The Kier molecular flexibility index (Phi) is 1.84. The molecular weight excluding hydrogens is 186 g/mol. The predicted molar refractivity (Wildman–Crippen MR) is 51.3 cm³/mol. The van der Waals surface area contributed by atoms with Crippen LogP contribution in [0.1, 0.15) is 5.56 Å². The van der Waals surface area contributed by atoms with Gasteiger partial charge in [-0.1, -0.05) is 6.58 Å². The Bertz CT molecular complexity index is 438. The van der Waals surface area contributed by atoms with Crippen LogP contribution in [0.15, 0.2) is 23.7 Å². The van der Waals surface area contributed by atoms with Gasteiger partial charge in [0.1, 0.15) is 0 Å². The van der Waals surface area contributed by atoms with Gasteiger partial charge in [-0.3, -0.25) is 0 Å². The average molecular weight is 194 g/mol. The lowest BCUT2D eigenvalue weighted by Crippen LogP contribution is -2.16. The molecule has 0 N–H and O–H groups in total. The Hall–Kier alpha value is -1.71. The number of rotatable bonds is 0. The van der Waals surface area contributed by atoms with E-state index in [1.807, 2.05) is 0 Å². The molecular formula is C10H8F2N2. The summed E-state index contributed by atoms with van der Waals surface area (Å²) in [6, 6.07) is 2.18. The second-order valence-electron chi connectivity index (χ2n) is 3.09. The highest BCUT2D eigenvalue weighted by atomic mass is 19.2. The van der Waals surface area contributed by atoms with Crippen molar-refractivity contribution in [3.63, 3.8) is 0 Å². The molecule has 4 heteroatoms. The number of hydrogen-bond acceptors (Lipinski definition) is 2. The molecule has 2 nitrogen and oxygen atoms in total. The fourth-order valence-electron chi connectivity index (χ4n) is 1.28. The first-order chi connectivity index (χ1) is 6.59. The Labute approximate surface area is 80.2 Å². The zero-order valence-corrected chi connectivity index (χ0v) is 7.59. The van der Waals surface area contributed by atoms with E-state index < -0.39 is 11.6 Å². The number of fused-ring (bicyclic) bond motifs is 1. The van der Waals surface area contributed by atoms with Crippen LogP contribution in [0.4, 0.5) is 14.5 Å². The van der Waals surface area contributed by atoms with E-state index in [1.165, 1.54) is 6.34 Å². The van der Waals surface area contributed by atoms with Crippen molar-refractivity contribution in [2.24, 2.45) is 4.99 Å². The topological polar surface area (TPSA) is 15.6 Å². The minimum atomic E-state index is -0.891. The SMILES string of the molecule is C=C1c2cc(F)c(F)cc2N=CN1C. The number of nitrogens with zero attached hydrogens (tertiary/aromatic N) is 2. The summed E-state index contributed by atoms with van der Waals surface area (Å²) in [6.07, 6.45) is 1.52. The summed E-state index contributed by atoms with van der Waals surface area (Å²) in [4.78, 5) is 5.61. The Balaban J connectivity index is 2.64. The van der Waals surface area contributed by atoms with E-state index in [2.05, 4.69) is 11.6 Å². The van der Waals surface area contributed by atoms with Crippen LogP contribution in [0, 0.1) is 11.6 Å². The van der Waals surface area contributed by atoms with Crippen LogP contribution in [-0.4, -0.2) is 18.3 Å². The van der Waals surface area contributed by atoms with Gasteiger partial charge in [0.25, 0.3) is 0 Å². The van der Waals surface area contributed by atoms with Gasteiger partial charge in [-0.25, -0.2) is 13.8 Å². The van der Waals surface area contributed by atoms with Crippen molar-refractivity contribution >= 4 is 17.7 Å². The molecule has 0 saturated carbocycles. The van der Waals surface area contributed by atoms with Crippen molar-refractivity contribution < 1.29 is 8.78 Å². The lowest BCUT2D eigenvalue weighted by atomic mass is 10.1. The summed E-state index contributed by atoms with van der Waals surface area (Å²) in [5.41, 5.74) is 1.54. The molecule has 14 heavy (non-hydrogen) atoms. The van der Waals surface area contributed by atoms with Crippen LogP contribution >= 0.6 is 0 Å². The lowest BCUT2D eigenvalue weighted by Gasteiger charge is -2.22. The highest BCUT2D eigenvalue weighted by Crippen LogP contribution is 2.31. The highest BCUT2D eigenvalue weighted by molar-refractivity contribution is 5.85. The molecule has 0 spiro atoms. The first kappa shape index (κ1) is 8.87. The van der Waals surface area contributed by atoms with Crippen molar-refractivity contribution in [2.45, 2.75) is 0 Å². The van der Waals surface area contributed by atoms with E-state index in [1.54, 1.807) is 11.9 Å². The summed E-state index contributed by atoms with van der Waals surface area (Å²) in [5, 5.41) is 0. The fourth-order valence-corrected chi connectivity index (χ4v) is 1.28. The largest absolute Gasteiger partial charge is 0.335 e. The average Bonchev–Trinajstić information content (AvgIpc) is 2.15. The minimum absolute atomic E-state index is 0.409. The molecule has 0 unspecified atom stereocenters. The monoisotopic (exact) mass is 194 g/mol. The second kappa shape index (κ2) is 2.90. The summed E-state index contributed by atoms with van der Waals surface area (Å²) >= 11 is 0. The standard InChI is InChI=1S/C10H8F2N2/c1-6-7-3-8(11)9(12)4-10(7)13-5-14(6)2/h3-5H,1H2,2H3. The van der Waals surface area contributed by atoms with Gasteiger partial charge in [0.05, 0.1) is 12.0 Å². The first-order valence-electron chi connectivity index (χ1n) is 4.05. The molecule has 1 heterocycles. The van der Waals surface area contributed by atoms with Crippen LogP contribution in [0.25, 0.3) is 5.70 Å². The van der Waals surface area contributed by atoms with Crippen LogP contribution in [-0.2, 0) is 0 Å². The molecule has 0 aromatic heterocycles. The minimum Gasteiger partial charge on any atom is -0.335 e. The quantitative estimate of drug-likeness (QED) is 0.619. The van der Waals surface area contributed by atoms with E-state index in [0.717, 1.165) is 12.1 Å². The van der Waals surface area contributed by atoms with Crippen LogP contribution in [0.2, 0.25) is 0 Å². The van der Waals surface area contributed by atoms with Crippen LogP contribution in [0.3, 0.4) is 0 Å². The van der Waals surface area contributed by atoms with Gasteiger partial charge in [-0.2, -0.15) is 0 Å². The first-order valence-corrected chi connectivity index (χ1v) is 4.05. The zero-order valence-electron chi connectivity index (χ0n) is 7.59. The summed E-state index contributed by atoms with van der Waals surface area (Å²) in [6.45, 7) is 3.75. The molecule has 0 atom stereocenters. The highest BCUT2D eigenvalue weighted by Gasteiger charge is 2.16. The third-order valence-corrected chi connectivity index (χ3v) is 2.15. The number of benzene rings is 1. The molecule has 1 aliphatic rings. The van der Waals surface area contributed by atoms with Crippen molar-refractivity contribution in [1.29, 1.82) is 0 Å². The van der Waals surface area contributed by atoms with E-state index in [0.29, 0.717) is 16.9 Å². The molecule has 0 bridgehead atoms. The predicted octanol–water partition coefficient (Wildman–Crippen LogP) is 2.54. The molecule has 0 aliphatic carbocycles. The molecule has 1 aromatic rings. The normalized spacial score (nSPS) is 14.5. The number of aliphatic imine (C=N–C) groups is 1. The van der Waals surface area contributed by atoms with Crippen LogP contribution in [0.5, 0.6) is 0 Å². The fraction of sp³-hybridized carbons (Fsp3) is 0.100. The Morgan fingerprint density at radius 1 is 1.29 bits per heavy atom. The van der Waals surface area contributed by atoms with Gasteiger partial charge in [0.2, 0.25) is 0 Å². The van der Waals surface area contributed by atoms with Crippen molar-refractivity contribution in [3.8, 4) is 0 Å². The van der Waals surface area contributed by atoms with Gasteiger partial charge in [0.15, 0.2) is 11.6 Å². The molecule has 0 radical (unpaired) electrons. The van der Waals surface area contributed by atoms with Crippen molar-refractivity contribution in [1.82, 2.24) is 4.90 Å². The summed E-state index contributed by atoms with van der Waals surface area (Å²) < 4.78 is 25.8. The summed E-state index contributed by atoms with van der Waals surface area (Å²) in [5.74, 6) is -1.77. The maximum atomic E-state index is 12.9. The van der Waals surface area contributed by atoms with Crippen molar-refractivity contribution in [3.05, 3.63) is 35.9 Å². The smallest absolute Gasteiger partial charge is 0.161 e. The molecule has 0 fully saturated rings. The second-order valence-corrected chi connectivity index (χ2v) is 3.09. The molecule has 1 aliphatic heterocycles. The summed E-state index contributed by atoms with van der Waals surface area (Å²) in [7, 11) is 1.75. The Morgan fingerprint density at radius 3 is 2.64 bits per heavy atom. The third-order valence-electron chi connectivity index (χ3n) is 2.15.